The average molecular weight is 789 g/mol. The zero-order valence-electron chi connectivity index (χ0n) is 33.2. The minimum atomic E-state index is 0.589. The molecule has 0 amide bonds. The molecule has 0 atom stereocenters. The first-order valence-electron chi connectivity index (χ1n) is 21.0. The number of hydrogen-bond acceptors (Lipinski definition) is 4. The van der Waals surface area contributed by atoms with Gasteiger partial charge < -0.3 is 8.82 Å². The molecule has 0 bridgehead atoms. The van der Waals surface area contributed by atoms with Crippen LogP contribution in [0.3, 0.4) is 0 Å². The molecule has 0 spiro atoms. The van der Waals surface area contributed by atoms with Crippen LogP contribution in [0.4, 0.5) is 0 Å². The topological polar surface area (TPSA) is 56.2 Å². The van der Waals surface area contributed by atoms with Crippen molar-refractivity contribution in [1.29, 1.82) is 0 Å². The number of rotatable bonds is 4. The van der Waals surface area contributed by atoms with Gasteiger partial charge in [-0.25, -0.2) is 15.0 Å². The summed E-state index contributed by atoms with van der Waals surface area (Å²) in [5.74, 6) is 1.80. The predicted molar refractivity (Wildman–Crippen MR) is 256 cm³/mol. The van der Waals surface area contributed by atoms with Gasteiger partial charge in [0.05, 0.1) is 16.6 Å². The molecule has 0 N–H and O–H groups in total. The van der Waals surface area contributed by atoms with E-state index in [1.54, 1.807) is 0 Å². The quantitative estimate of drug-likeness (QED) is 0.167. The highest BCUT2D eigenvalue weighted by Crippen LogP contribution is 2.48. The molecule has 0 aliphatic heterocycles. The van der Waals surface area contributed by atoms with E-state index in [2.05, 4.69) is 156 Å². The lowest BCUT2D eigenvalue weighted by Crippen LogP contribution is -2.02. The van der Waals surface area contributed by atoms with Gasteiger partial charge >= 0.3 is 0 Å². The second kappa shape index (κ2) is 12.6. The minimum absolute atomic E-state index is 0.589. The molecule has 14 rings (SSSR count). The first kappa shape index (κ1) is 33.4. The highest BCUT2D eigenvalue weighted by Gasteiger charge is 2.25. The van der Waals surface area contributed by atoms with Crippen LogP contribution in [0, 0.1) is 0 Å². The Hall–Kier alpha value is -8.41. The number of furan rings is 1. The number of hydrogen-bond donors (Lipinski definition) is 0. The lowest BCUT2D eigenvalue weighted by Gasteiger charge is -2.19. The average Bonchev–Trinajstić information content (AvgIpc) is 4.01. The Labute approximate surface area is 354 Å². The van der Waals surface area contributed by atoms with Crippen LogP contribution in [-0.2, 0) is 0 Å². The molecule has 286 valence electrons. The van der Waals surface area contributed by atoms with Crippen molar-refractivity contribution in [1.82, 2.24) is 19.4 Å². The SMILES string of the molecule is c1ccc(-c2nc(-c3ccc4c5ccccc5c5ccccc5c4c3-c3cc4c5ccccc5n5c6ccccc6c(c3)c45)nc(-c3cccc4oc5ccccc5c34)n2)cc1. The van der Waals surface area contributed by atoms with Crippen molar-refractivity contribution in [3.63, 3.8) is 0 Å². The van der Waals surface area contributed by atoms with Crippen LogP contribution in [0.5, 0.6) is 0 Å². The molecule has 62 heavy (non-hydrogen) atoms. The van der Waals surface area contributed by atoms with E-state index in [1.807, 2.05) is 42.5 Å². The third kappa shape index (κ3) is 4.59. The molecule has 0 fully saturated rings. The van der Waals surface area contributed by atoms with Crippen molar-refractivity contribution in [3.8, 4) is 45.3 Å². The third-order valence-electron chi connectivity index (χ3n) is 13.0. The summed E-state index contributed by atoms with van der Waals surface area (Å²) in [5.41, 5.74) is 10.2. The van der Waals surface area contributed by atoms with Crippen LogP contribution < -0.4 is 0 Å². The Kier molecular flexibility index (Phi) is 6.77. The van der Waals surface area contributed by atoms with Gasteiger partial charge in [0.1, 0.15) is 11.2 Å². The van der Waals surface area contributed by atoms with Crippen LogP contribution in [0.15, 0.2) is 199 Å². The van der Waals surface area contributed by atoms with Gasteiger partial charge in [0.15, 0.2) is 17.5 Å². The Morgan fingerprint density at radius 3 is 1.53 bits per heavy atom. The Balaban J connectivity index is 1.16. The molecular weight excluding hydrogens is 757 g/mol. The summed E-state index contributed by atoms with van der Waals surface area (Å²) >= 11 is 0. The number of para-hydroxylation sites is 3. The summed E-state index contributed by atoms with van der Waals surface area (Å²) in [6, 6.07) is 69.1. The zero-order chi connectivity index (χ0) is 40.5. The molecule has 5 heteroatoms. The molecule has 4 heterocycles. The number of nitrogens with zero attached hydrogens (tertiary/aromatic N) is 4. The van der Waals surface area contributed by atoms with Gasteiger partial charge in [-0.2, -0.15) is 0 Å². The normalized spacial score (nSPS) is 12.2. The van der Waals surface area contributed by atoms with Gasteiger partial charge in [-0.05, 0) is 80.3 Å². The van der Waals surface area contributed by atoms with E-state index in [1.165, 1.54) is 70.4 Å². The summed E-state index contributed by atoms with van der Waals surface area (Å²) in [6.45, 7) is 0. The van der Waals surface area contributed by atoms with Crippen molar-refractivity contribution in [2.24, 2.45) is 0 Å². The first-order chi connectivity index (χ1) is 30.8. The van der Waals surface area contributed by atoms with Crippen molar-refractivity contribution in [2.45, 2.75) is 0 Å². The molecule has 0 saturated carbocycles. The van der Waals surface area contributed by atoms with Gasteiger partial charge in [0.2, 0.25) is 0 Å². The minimum Gasteiger partial charge on any atom is -0.456 e. The van der Waals surface area contributed by atoms with E-state index >= 15 is 0 Å². The molecule has 0 unspecified atom stereocenters. The second-order valence-corrected chi connectivity index (χ2v) is 16.2. The molecule has 0 aliphatic rings. The summed E-state index contributed by atoms with van der Waals surface area (Å²) in [5, 5.41) is 14.1. The first-order valence-corrected chi connectivity index (χ1v) is 21.0. The Morgan fingerprint density at radius 2 is 0.839 bits per heavy atom. The van der Waals surface area contributed by atoms with Crippen LogP contribution in [0.25, 0.3) is 138 Å². The lowest BCUT2D eigenvalue weighted by molar-refractivity contribution is 0.669. The largest absolute Gasteiger partial charge is 0.456 e. The monoisotopic (exact) mass is 788 g/mol. The Bertz CT molecular complexity index is 4040. The molecule has 0 radical (unpaired) electrons. The van der Waals surface area contributed by atoms with Crippen LogP contribution in [0.2, 0.25) is 0 Å². The molecule has 4 aromatic heterocycles. The molecule has 5 nitrogen and oxygen atoms in total. The summed E-state index contributed by atoms with van der Waals surface area (Å²) in [7, 11) is 0. The van der Waals surface area contributed by atoms with E-state index in [9.17, 15) is 0 Å². The molecule has 0 aliphatic carbocycles. The number of fused-ring (bicyclic) bond motifs is 15. The van der Waals surface area contributed by atoms with E-state index in [4.69, 9.17) is 19.4 Å². The van der Waals surface area contributed by atoms with Crippen molar-refractivity contribution < 1.29 is 4.42 Å². The maximum absolute atomic E-state index is 6.38. The maximum atomic E-state index is 6.38. The third-order valence-corrected chi connectivity index (χ3v) is 13.0. The molecular formula is C57H32N4O. The predicted octanol–water partition coefficient (Wildman–Crippen LogP) is 15.0. The number of benzene rings is 10. The molecule has 14 aromatic rings. The standard InChI is InChI=1S/C57H32N4O/c1-2-15-33(16-3-1)55-58-56(43-24-14-28-50-52(43)42-23-10-13-27-49(42)62-50)60-57(59-55)44-30-29-41-37-19-5-4-17-35(37)36-18-6-7-22-40(36)53(41)51(44)34-31-45-38-20-8-11-25-47(38)61-48-26-12-9-21-39(48)46(32-34)54(45)61/h1-32H. The van der Waals surface area contributed by atoms with Gasteiger partial charge in [-0.15, -0.1) is 0 Å². The van der Waals surface area contributed by atoms with Gasteiger partial charge in [-0.1, -0.05) is 152 Å². The zero-order valence-corrected chi connectivity index (χ0v) is 33.2. The highest BCUT2D eigenvalue weighted by molar-refractivity contribution is 6.31. The maximum Gasteiger partial charge on any atom is 0.164 e. The fourth-order valence-corrected chi connectivity index (χ4v) is 10.4. The van der Waals surface area contributed by atoms with Crippen LogP contribution >= 0.6 is 0 Å². The molecule has 10 aromatic carbocycles. The molecule has 0 saturated heterocycles. The summed E-state index contributed by atoms with van der Waals surface area (Å²) in [6.07, 6.45) is 0. The second-order valence-electron chi connectivity index (χ2n) is 16.2. The summed E-state index contributed by atoms with van der Waals surface area (Å²) in [4.78, 5) is 16.2. The van der Waals surface area contributed by atoms with Crippen LogP contribution in [-0.4, -0.2) is 19.4 Å². The van der Waals surface area contributed by atoms with E-state index < -0.39 is 0 Å². The Morgan fingerprint density at radius 1 is 0.323 bits per heavy atom. The van der Waals surface area contributed by atoms with Crippen molar-refractivity contribution in [2.75, 3.05) is 0 Å². The van der Waals surface area contributed by atoms with Crippen molar-refractivity contribution in [3.05, 3.63) is 194 Å². The number of aromatic nitrogens is 4. The lowest BCUT2D eigenvalue weighted by atomic mass is 9.86. The van der Waals surface area contributed by atoms with Gasteiger partial charge in [0.25, 0.3) is 0 Å². The van der Waals surface area contributed by atoms with E-state index in [0.29, 0.717) is 17.5 Å². The van der Waals surface area contributed by atoms with E-state index in [0.717, 1.165) is 49.8 Å². The summed E-state index contributed by atoms with van der Waals surface area (Å²) < 4.78 is 8.82. The van der Waals surface area contributed by atoms with Crippen LogP contribution in [0.1, 0.15) is 0 Å². The van der Waals surface area contributed by atoms with E-state index in [-0.39, 0.29) is 0 Å². The van der Waals surface area contributed by atoms with Crippen molar-refractivity contribution >= 4 is 92.4 Å². The fourth-order valence-electron chi connectivity index (χ4n) is 10.4. The fraction of sp³-hybridized carbons (Fsp3) is 0. The smallest absolute Gasteiger partial charge is 0.164 e. The van der Waals surface area contributed by atoms with Gasteiger partial charge in [0, 0.05) is 54.6 Å². The van der Waals surface area contributed by atoms with Gasteiger partial charge in [-0.3, -0.25) is 0 Å². The highest BCUT2D eigenvalue weighted by atomic mass is 16.3.